The third-order valence-electron chi connectivity index (χ3n) is 5.47. The molecule has 0 bridgehead atoms. The van der Waals surface area contributed by atoms with Crippen LogP contribution in [0.4, 0.5) is 0 Å². The third kappa shape index (κ3) is 7.91. The van der Waals surface area contributed by atoms with E-state index in [1.54, 1.807) is 0 Å². The Kier molecular flexibility index (Phi) is 10.9. The molecule has 0 radical (unpaired) electrons. The zero-order chi connectivity index (χ0) is 19.2. The summed E-state index contributed by atoms with van der Waals surface area (Å²) in [7, 11) is 0. The van der Waals surface area contributed by atoms with Gasteiger partial charge >= 0.3 is 0 Å². The lowest BCUT2D eigenvalue weighted by Gasteiger charge is -2.05. The summed E-state index contributed by atoms with van der Waals surface area (Å²) in [5.41, 5.74) is 1.33. The second-order valence-corrected chi connectivity index (χ2v) is 7.91. The number of nitrogens with zero attached hydrogens (tertiary/aromatic N) is 2. The summed E-state index contributed by atoms with van der Waals surface area (Å²) in [6.45, 7) is 6.77. The van der Waals surface area contributed by atoms with Crippen molar-refractivity contribution in [1.29, 1.82) is 0 Å². The fourth-order valence-electron chi connectivity index (χ4n) is 3.93. The highest BCUT2D eigenvalue weighted by Crippen LogP contribution is 2.17. The molecular formula is C25H41N2+. The Morgan fingerprint density at radius 1 is 0.704 bits per heavy atom. The molecule has 0 amide bonds. The van der Waals surface area contributed by atoms with Gasteiger partial charge in [0.15, 0.2) is 0 Å². The van der Waals surface area contributed by atoms with Crippen LogP contribution in [0.3, 0.4) is 0 Å². The minimum atomic E-state index is 1.09. The first-order valence-electron chi connectivity index (χ1n) is 11.5. The van der Waals surface area contributed by atoms with Crippen LogP contribution in [0, 0.1) is 0 Å². The highest BCUT2D eigenvalue weighted by atomic mass is 15.1. The summed E-state index contributed by atoms with van der Waals surface area (Å²) >= 11 is 0. The third-order valence-corrected chi connectivity index (χ3v) is 5.47. The second-order valence-electron chi connectivity index (χ2n) is 7.91. The van der Waals surface area contributed by atoms with Gasteiger partial charge in [0.05, 0.1) is 18.7 Å². The Labute approximate surface area is 167 Å². The molecule has 0 saturated carbocycles. The first-order chi connectivity index (χ1) is 13.4. The average Bonchev–Trinajstić information content (AvgIpc) is 3.09. The van der Waals surface area contributed by atoms with Crippen LogP contribution in [0.25, 0.3) is 11.4 Å². The number of hydrogen-bond donors (Lipinski definition) is 0. The van der Waals surface area contributed by atoms with Gasteiger partial charge in [0.25, 0.3) is 5.82 Å². The summed E-state index contributed by atoms with van der Waals surface area (Å²) in [5, 5.41) is 0. The van der Waals surface area contributed by atoms with Gasteiger partial charge in [0, 0.05) is 0 Å². The number of benzene rings is 1. The molecule has 27 heavy (non-hydrogen) atoms. The van der Waals surface area contributed by atoms with E-state index in [0.717, 1.165) is 13.1 Å². The number of unbranched alkanes of at least 4 members (excludes halogenated alkanes) is 10. The molecule has 2 rings (SSSR count). The molecule has 2 aromatic rings. The molecule has 1 heterocycles. The molecule has 1 aromatic heterocycles. The Hall–Kier alpha value is -1.57. The summed E-state index contributed by atoms with van der Waals surface area (Å²) in [6, 6.07) is 10.9. The van der Waals surface area contributed by atoms with E-state index < -0.39 is 0 Å². The van der Waals surface area contributed by atoms with Crippen molar-refractivity contribution in [2.45, 2.75) is 104 Å². The average molecular weight is 370 g/mol. The zero-order valence-electron chi connectivity index (χ0n) is 17.8. The topological polar surface area (TPSA) is 8.81 Å². The van der Waals surface area contributed by atoms with E-state index in [2.05, 4.69) is 65.7 Å². The molecule has 0 saturated heterocycles. The van der Waals surface area contributed by atoms with Gasteiger partial charge in [-0.05, 0) is 31.4 Å². The predicted octanol–water partition coefficient (Wildman–Crippen LogP) is 7.16. The largest absolute Gasteiger partial charge is 0.288 e. The van der Waals surface area contributed by atoms with Crippen LogP contribution in [-0.2, 0) is 13.1 Å². The van der Waals surface area contributed by atoms with Crippen LogP contribution in [0.2, 0.25) is 0 Å². The van der Waals surface area contributed by atoms with E-state index in [-0.39, 0.29) is 0 Å². The number of hydrogen-bond acceptors (Lipinski definition) is 0. The Morgan fingerprint density at radius 2 is 1.30 bits per heavy atom. The molecule has 0 fully saturated rings. The number of aryl methyl sites for hydroxylation is 2. The van der Waals surface area contributed by atoms with Crippen molar-refractivity contribution in [3.63, 3.8) is 0 Å². The van der Waals surface area contributed by atoms with Crippen molar-refractivity contribution in [3.8, 4) is 11.4 Å². The fourth-order valence-corrected chi connectivity index (χ4v) is 3.93. The summed E-state index contributed by atoms with van der Waals surface area (Å²) < 4.78 is 4.87. The number of aromatic nitrogens is 2. The van der Waals surface area contributed by atoms with Gasteiger partial charge in [-0.1, -0.05) is 89.8 Å². The minimum Gasteiger partial charge on any atom is -0.230 e. The van der Waals surface area contributed by atoms with Crippen molar-refractivity contribution in [2.75, 3.05) is 0 Å². The molecular weight excluding hydrogens is 328 g/mol. The first-order valence-corrected chi connectivity index (χ1v) is 11.5. The normalized spacial score (nSPS) is 11.2. The first kappa shape index (κ1) is 21.7. The molecule has 0 spiro atoms. The van der Waals surface area contributed by atoms with Gasteiger partial charge in [-0.3, -0.25) is 0 Å². The molecule has 0 atom stereocenters. The highest BCUT2D eigenvalue weighted by molar-refractivity contribution is 5.52. The monoisotopic (exact) mass is 369 g/mol. The smallest absolute Gasteiger partial charge is 0.230 e. The van der Waals surface area contributed by atoms with Crippen molar-refractivity contribution in [3.05, 3.63) is 42.7 Å². The lowest BCUT2D eigenvalue weighted by Crippen LogP contribution is -2.34. The van der Waals surface area contributed by atoms with Gasteiger partial charge in [-0.25, -0.2) is 9.13 Å². The molecule has 0 aliphatic rings. The lowest BCUT2D eigenvalue weighted by molar-refractivity contribution is -0.686. The Morgan fingerprint density at radius 3 is 1.89 bits per heavy atom. The minimum absolute atomic E-state index is 1.09. The zero-order valence-corrected chi connectivity index (χ0v) is 17.8. The van der Waals surface area contributed by atoms with Gasteiger partial charge in [0.1, 0.15) is 12.4 Å². The van der Waals surface area contributed by atoms with E-state index in [9.17, 15) is 0 Å². The van der Waals surface area contributed by atoms with E-state index >= 15 is 0 Å². The van der Waals surface area contributed by atoms with Crippen molar-refractivity contribution in [2.24, 2.45) is 0 Å². The molecule has 0 aliphatic heterocycles. The number of imidazole rings is 1. The lowest BCUT2D eigenvalue weighted by atomic mass is 10.1. The van der Waals surface area contributed by atoms with Crippen LogP contribution >= 0.6 is 0 Å². The van der Waals surface area contributed by atoms with Gasteiger partial charge < -0.3 is 0 Å². The van der Waals surface area contributed by atoms with Crippen LogP contribution in [0.5, 0.6) is 0 Å². The quantitative estimate of drug-likeness (QED) is 0.232. The standard InChI is InChI=1S/C25H41N2/c1-3-5-6-7-8-9-10-11-12-13-17-21-27-23-22-26(20-4-2)25(27)24-18-15-14-16-19-24/h14-16,18-19,22-23H,3-13,17,20-21H2,1-2H3/q+1. The molecule has 2 heteroatoms. The summed E-state index contributed by atoms with van der Waals surface area (Å²) in [5.74, 6) is 1.37. The predicted molar refractivity (Wildman–Crippen MR) is 117 cm³/mol. The molecule has 1 aromatic carbocycles. The number of rotatable bonds is 15. The van der Waals surface area contributed by atoms with E-state index in [1.165, 1.54) is 88.4 Å². The highest BCUT2D eigenvalue weighted by Gasteiger charge is 2.18. The van der Waals surface area contributed by atoms with E-state index in [0.29, 0.717) is 0 Å². The van der Waals surface area contributed by atoms with Crippen LogP contribution in [0.15, 0.2) is 42.7 Å². The van der Waals surface area contributed by atoms with Gasteiger partial charge in [0.2, 0.25) is 0 Å². The Balaban J connectivity index is 1.69. The maximum Gasteiger partial charge on any atom is 0.288 e. The summed E-state index contributed by atoms with van der Waals surface area (Å²) in [4.78, 5) is 0. The molecule has 0 aliphatic carbocycles. The molecule has 0 N–H and O–H groups in total. The molecule has 0 unspecified atom stereocenters. The Bertz CT molecular complexity index is 600. The van der Waals surface area contributed by atoms with Crippen molar-refractivity contribution in [1.82, 2.24) is 4.57 Å². The SMILES string of the molecule is CCCCCCCCCCCCC[n+]1ccn(CCC)c1-c1ccccc1. The van der Waals surface area contributed by atoms with E-state index in [4.69, 9.17) is 0 Å². The van der Waals surface area contributed by atoms with Gasteiger partial charge in [-0.15, -0.1) is 0 Å². The van der Waals surface area contributed by atoms with Gasteiger partial charge in [-0.2, -0.15) is 0 Å². The molecule has 150 valence electrons. The van der Waals surface area contributed by atoms with Crippen LogP contribution in [-0.4, -0.2) is 4.57 Å². The maximum atomic E-state index is 2.46. The van der Waals surface area contributed by atoms with Crippen LogP contribution in [0.1, 0.15) is 90.9 Å². The maximum absolute atomic E-state index is 2.46. The van der Waals surface area contributed by atoms with Crippen molar-refractivity contribution >= 4 is 0 Å². The van der Waals surface area contributed by atoms with E-state index in [1.807, 2.05) is 0 Å². The van der Waals surface area contributed by atoms with Crippen LogP contribution < -0.4 is 4.57 Å². The summed E-state index contributed by atoms with van der Waals surface area (Å²) in [6.07, 6.45) is 21.1. The molecule has 2 nitrogen and oxygen atoms in total. The fraction of sp³-hybridized carbons (Fsp3) is 0.640. The van der Waals surface area contributed by atoms with Crippen molar-refractivity contribution < 1.29 is 4.57 Å². The second kappa shape index (κ2) is 13.6.